The molecule has 1 aliphatic rings. The fourth-order valence-corrected chi connectivity index (χ4v) is 2.12. The minimum atomic E-state index is -4.52. The molecule has 1 atom stereocenters. The molecule has 2 rings (SSSR count). The van der Waals surface area contributed by atoms with Crippen molar-refractivity contribution in [1.29, 1.82) is 0 Å². The summed E-state index contributed by atoms with van der Waals surface area (Å²) < 4.78 is 38.5. The molecule has 1 fully saturated rings. The third-order valence-corrected chi connectivity index (χ3v) is 3.02. The third-order valence-electron chi connectivity index (χ3n) is 3.02. The molecule has 1 aromatic heterocycles. The zero-order chi connectivity index (χ0) is 14.0. The second-order valence-electron chi connectivity index (χ2n) is 4.44. The van der Waals surface area contributed by atoms with Crippen LogP contribution in [0.3, 0.4) is 0 Å². The molecule has 0 amide bonds. The summed E-state index contributed by atoms with van der Waals surface area (Å²) in [5, 5.41) is 6.15. The SMILES string of the molecule is CCc1nc(NC2CCNC2)nc(N)c1C(F)(F)F. The topological polar surface area (TPSA) is 75.9 Å². The van der Waals surface area contributed by atoms with Crippen LogP contribution in [-0.4, -0.2) is 29.1 Å². The Morgan fingerprint density at radius 3 is 2.68 bits per heavy atom. The van der Waals surface area contributed by atoms with E-state index in [9.17, 15) is 13.2 Å². The Morgan fingerprint density at radius 2 is 2.16 bits per heavy atom. The van der Waals surface area contributed by atoms with E-state index >= 15 is 0 Å². The van der Waals surface area contributed by atoms with Crippen LogP contribution in [0, 0.1) is 0 Å². The number of nitrogens with zero attached hydrogens (tertiary/aromatic N) is 2. The first kappa shape index (κ1) is 13.9. The van der Waals surface area contributed by atoms with Gasteiger partial charge in [0.25, 0.3) is 0 Å². The number of nitrogen functional groups attached to an aromatic ring is 1. The van der Waals surface area contributed by atoms with Gasteiger partial charge in [-0.25, -0.2) is 4.98 Å². The van der Waals surface area contributed by atoms with Crippen LogP contribution in [0.25, 0.3) is 0 Å². The van der Waals surface area contributed by atoms with Gasteiger partial charge in [-0.1, -0.05) is 6.92 Å². The molecule has 8 heteroatoms. The Hall–Kier alpha value is -1.57. The minimum Gasteiger partial charge on any atom is -0.383 e. The lowest BCUT2D eigenvalue weighted by atomic mass is 10.1. The first-order valence-corrected chi connectivity index (χ1v) is 6.12. The number of rotatable bonds is 3. The monoisotopic (exact) mass is 275 g/mol. The Labute approximate surface area is 108 Å². The van der Waals surface area contributed by atoms with Gasteiger partial charge >= 0.3 is 6.18 Å². The van der Waals surface area contributed by atoms with Crippen LogP contribution in [0.15, 0.2) is 0 Å². The summed E-state index contributed by atoms with van der Waals surface area (Å²) in [4.78, 5) is 7.65. The molecular weight excluding hydrogens is 259 g/mol. The number of aryl methyl sites for hydroxylation is 1. The van der Waals surface area contributed by atoms with E-state index in [-0.39, 0.29) is 24.1 Å². The highest BCUT2D eigenvalue weighted by Gasteiger charge is 2.37. The molecule has 2 heterocycles. The van der Waals surface area contributed by atoms with E-state index < -0.39 is 17.6 Å². The molecule has 5 nitrogen and oxygen atoms in total. The Balaban J connectivity index is 2.30. The average Bonchev–Trinajstić information content (AvgIpc) is 2.79. The van der Waals surface area contributed by atoms with Crippen LogP contribution in [0.1, 0.15) is 24.6 Å². The van der Waals surface area contributed by atoms with Crippen LogP contribution in [0.2, 0.25) is 0 Å². The van der Waals surface area contributed by atoms with Crippen molar-refractivity contribution in [2.75, 3.05) is 24.1 Å². The number of hydrogen-bond acceptors (Lipinski definition) is 5. The van der Waals surface area contributed by atoms with Gasteiger partial charge in [0.15, 0.2) is 0 Å². The van der Waals surface area contributed by atoms with Gasteiger partial charge in [0.2, 0.25) is 5.95 Å². The van der Waals surface area contributed by atoms with Crippen LogP contribution < -0.4 is 16.4 Å². The zero-order valence-electron chi connectivity index (χ0n) is 10.5. The fraction of sp³-hybridized carbons (Fsp3) is 0.636. The summed E-state index contributed by atoms with van der Waals surface area (Å²) in [7, 11) is 0. The molecule has 0 radical (unpaired) electrons. The highest BCUT2D eigenvalue weighted by atomic mass is 19.4. The lowest BCUT2D eigenvalue weighted by molar-refractivity contribution is -0.137. The molecule has 1 aliphatic heterocycles. The Kier molecular flexibility index (Phi) is 3.79. The van der Waals surface area contributed by atoms with Crippen molar-refractivity contribution in [3.05, 3.63) is 11.3 Å². The van der Waals surface area contributed by atoms with E-state index in [4.69, 9.17) is 5.73 Å². The average molecular weight is 275 g/mol. The Bertz CT molecular complexity index is 454. The van der Waals surface area contributed by atoms with Crippen LogP contribution in [0.5, 0.6) is 0 Å². The summed E-state index contributed by atoms with van der Waals surface area (Å²) in [6, 6.07) is 0.126. The molecule has 106 valence electrons. The van der Waals surface area contributed by atoms with Crippen molar-refractivity contribution < 1.29 is 13.2 Å². The quantitative estimate of drug-likeness (QED) is 0.777. The van der Waals surface area contributed by atoms with Crippen LogP contribution in [0.4, 0.5) is 24.9 Å². The maximum absolute atomic E-state index is 12.8. The molecule has 1 saturated heterocycles. The number of nitrogens with one attached hydrogen (secondary N) is 2. The first-order chi connectivity index (χ1) is 8.91. The van der Waals surface area contributed by atoms with Gasteiger partial charge in [-0.3, -0.25) is 0 Å². The van der Waals surface area contributed by atoms with Crippen molar-refractivity contribution >= 4 is 11.8 Å². The van der Waals surface area contributed by atoms with Gasteiger partial charge in [-0.15, -0.1) is 0 Å². The summed E-state index contributed by atoms with van der Waals surface area (Å²) in [5.74, 6) is -0.358. The van der Waals surface area contributed by atoms with E-state index in [1.54, 1.807) is 6.92 Å². The second kappa shape index (κ2) is 5.20. The van der Waals surface area contributed by atoms with Crippen molar-refractivity contribution in [2.24, 2.45) is 0 Å². The number of hydrogen-bond donors (Lipinski definition) is 3. The van der Waals surface area contributed by atoms with Crippen molar-refractivity contribution in [1.82, 2.24) is 15.3 Å². The maximum Gasteiger partial charge on any atom is 0.421 e. The summed E-state index contributed by atoms with van der Waals surface area (Å²) in [6.45, 7) is 3.22. The van der Waals surface area contributed by atoms with Gasteiger partial charge in [0.05, 0.1) is 5.69 Å². The number of nitrogens with two attached hydrogens (primary N) is 1. The molecule has 0 saturated carbocycles. The van der Waals surface area contributed by atoms with E-state index in [1.165, 1.54) is 0 Å². The molecule has 1 unspecified atom stereocenters. The third kappa shape index (κ3) is 3.06. The zero-order valence-corrected chi connectivity index (χ0v) is 10.5. The molecule has 19 heavy (non-hydrogen) atoms. The van der Waals surface area contributed by atoms with Gasteiger partial charge in [0, 0.05) is 12.6 Å². The number of aromatic nitrogens is 2. The number of alkyl halides is 3. The van der Waals surface area contributed by atoms with Gasteiger partial charge in [0.1, 0.15) is 11.4 Å². The summed E-state index contributed by atoms with van der Waals surface area (Å²) in [6.07, 6.45) is -3.49. The highest BCUT2D eigenvalue weighted by molar-refractivity contribution is 5.49. The Morgan fingerprint density at radius 1 is 1.42 bits per heavy atom. The van der Waals surface area contributed by atoms with Crippen molar-refractivity contribution in [2.45, 2.75) is 32.0 Å². The number of anilines is 2. The molecule has 0 spiro atoms. The first-order valence-electron chi connectivity index (χ1n) is 6.12. The largest absolute Gasteiger partial charge is 0.421 e. The van der Waals surface area contributed by atoms with Gasteiger partial charge < -0.3 is 16.4 Å². The van der Waals surface area contributed by atoms with Crippen LogP contribution >= 0.6 is 0 Å². The molecule has 1 aromatic rings. The predicted molar refractivity (Wildman–Crippen MR) is 65.7 cm³/mol. The van der Waals surface area contributed by atoms with Crippen LogP contribution in [-0.2, 0) is 12.6 Å². The van der Waals surface area contributed by atoms with Crippen molar-refractivity contribution in [3.63, 3.8) is 0 Å². The van der Waals surface area contributed by atoms with Gasteiger partial charge in [-0.2, -0.15) is 18.2 Å². The highest BCUT2D eigenvalue weighted by Crippen LogP contribution is 2.35. The molecule has 0 bridgehead atoms. The summed E-state index contributed by atoms with van der Waals surface area (Å²) >= 11 is 0. The minimum absolute atomic E-state index is 0.0755. The number of halogens is 3. The normalized spacial score (nSPS) is 19.7. The molecule has 0 aliphatic carbocycles. The maximum atomic E-state index is 12.8. The lowest BCUT2D eigenvalue weighted by Gasteiger charge is -2.16. The smallest absolute Gasteiger partial charge is 0.383 e. The summed E-state index contributed by atoms with van der Waals surface area (Å²) in [5.41, 5.74) is 4.43. The van der Waals surface area contributed by atoms with E-state index in [2.05, 4.69) is 20.6 Å². The second-order valence-corrected chi connectivity index (χ2v) is 4.44. The molecule has 4 N–H and O–H groups in total. The molecule has 0 aromatic carbocycles. The van der Waals surface area contributed by atoms with E-state index in [0.717, 1.165) is 19.5 Å². The predicted octanol–water partition coefficient (Wildman–Crippen LogP) is 1.41. The van der Waals surface area contributed by atoms with E-state index in [0.29, 0.717) is 0 Å². The molecular formula is C11H16F3N5. The fourth-order valence-electron chi connectivity index (χ4n) is 2.12. The van der Waals surface area contributed by atoms with Crippen molar-refractivity contribution in [3.8, 4) is 0 Å². The van der Waals surface area contributed by atoms with Gasteiger partial charge in [-0.05, 0) is 19.4 Å². The standard InChI is InChI=1S/C11H16F3N5/c1-2-7-8(11(12,13)14)9(15)19-10(18-7)17-6-3-4-16-5-6/h6,16H,2-5H2,1H3,(H3,15,17,18,19). The lowest BCUT2D eigenvalue weighted by Crippen LogP contribution is -2.25. The van der Waals surface area contributed by atoms with E-state index in [1.807, 2.05) is 0 Å².